The quantitative estimate of drug-likeness (QED) is 0.844. The molecule has 0 radical (unpaired) electrons. The molecule has 1 N–H and O–H groups in total. The van der Waals surface area contributed by atoms with Crippen LogP contribution in [-0.2, 0) is 16.0 Å². The lowest BCUT2D eigenvalue weighted by Gasteiger charge is -2.36. The monoisotopic (exact) mass is 367 g/mol. The minimum absolute atomic E-state index is 0.0363. The Balaban J connectivity index is 1.41. The number of ether oxygens (including phenoxy) is 1. The van der Waals surface area contributed by atoms with Gasteiger partial charge < -0.3 is 19.9 Å². The summed E-state index contributed by atoms with van der Waals surface area (Å²) in [6, 6.07) is 17.5. The third-order valence-electron chi connectivity index (χ3n) is 4.71. The summed E-state index contributed by atoms with van der Waals surface area (Å²) in [7, 11) is 1.60. The predicted octanol–water partition coefficient (Wildman–Crippen LogP) is 1.70. The SMILES string of the molecule is COc1ccc(CC(=O)NCC(=O)N2CCN(c3ccccc3)CC2)cc1. The van der Waals surface area contributed by atoms with Crippen LogP contribution in [0.25, 0.3) is 0 Å². The van der Waals surface area contributed by atoms with Crippen LogP contribution < -0.4 is 15.0 Å². The first kappa shape index (κ1) is 18.8. The minimum Gasteiger partial charge on any atom is -0.497 e. The van der Waals surface area contributed by atoms with Crippen molar-refractivity contribution in [1.29, 1.82) is 0 Å². The van der Waals surface area contributed by atoms with Crippen LogP contribution >= 0.6 is 0 Å². The molecule has 0 spiro atoms. The third-order valence-corrected chi connectivity index (χ3v) is 4.71. The van der Waals surface area contributed by atoms with Gasteiger partial charge in [0.15, 0.2) is 0 Å². The number of methoxy groups -OCH3 is 1. The molecule has 1 saturated heterocycles. The van der Waals surface area contributed by atoms with E-state index in [4.69, 9.17) is 4.74 Å². The van der Waals surface area contributed by atoms with Crippen molar-refractivity contribution in [3.63, 3.8) is 0 Å². The molecule has 0 saturated carbocycles. The summed E-state index contributed by atoms with van der Waals surface area (Å²) in [6.07, 6.45) is 0.249. The normalized spacial score (nSPS) is 14.0. The van der Waals surface area contributed by atoms with Crippen molar-refractivity contribution in [2.24, 2.45) is 0 Å². The van der Waals surface area contributed by atoms with Gasteiger partial charge in [-0.2, -0.15) is 0 Å². The van der Waals surface area contributed by atoms with Crippen molar-refractivity contribution in [3.05, 3.63) is 60.2 Å². The zero-order chi connectivity index (χ0) is 19.1. The van der Waals surface area contributed by atoms with Gasteiger partial charge in [-0.3, -0.25) is 9.59 Å². The Morgan fingerprint density at radius 1 is 0.963 bits per heavy atom. The number of benzene rings is 2. The molecule has 0 bridgehead atoms. The van der Waals surface area contributed by atoms with Crippen LogP contribution in [0.2, 0.25) is 0 Å². The zero-order valence-electron chi connectivity index (χ0n) is 15.6. The smallest absolute Gasteiger partial charge is 0.242 e. The molecule has 1 aliphatic heterocycles. The summed E-state index contributed by atoms with van der Waals surface area (Å²) >= 11 is 0. The molecule has 1 aliphatic rings. The molecular weight excluding hydrogens is 342 g/mol. The van der Waals surface area contributed by atoms with E-state index < -0.39 is 0 Å². The Kier molecular flexibility index (Phi) is 6.30. The molecule has 3 rings (SSSR count). The van der Waals surface area contributed by atoms with E-state index in [2.05, 4.69) is 22.3 Å². The molecule has 2 aromatic carbocycles. The average Bonchev–Trinajstić information content (AvgIpc) is 2.73. The molecule has 0 aliphatic carbocycles. The van der Waals surface area contributed by atoms with E-state index in [1.54, 1.807) is 7.11 Å². The Hall–Kier alpha value is -3.02. The summed E-state index contributed by atoms with van der Waals surface area (Å²) in [4.78, 5) is 28.5. The van der Waals surface area contributed by atoms with Crippen molar-refractivity contribution in [2.45, 2.75) is 6.42 Å². The molecule has 142 valence electrons. The van der Waals surface area contributed by atoms with E-state index in [1.807, 2.05) is 47.4 Å². The standard InChI is InChI=1S/C21H25N3O3/c1-27-19-9-7-17(8-10-19)15-20(25)22-16-21(26)24-13-11-23(12-14-24)18-5-3-2-4-6-18/h2-10H,11-16H2,1H3,(H,22,25). The van der Waals surface area contributed by atoms with E-state index in [1.165, 1.54) is 5.69 Å². The Bertz CT molecular complexity index is 754. The van der Waals surface area contributed by atoms with Gasteiger partial charge in [0, 0.05) is 31.9 Å². The van der Waals surface area contributed by atoms with E-state index in [0.29, 0.717) is 13.1 Å². The summed E-state index contributed by atoms with van der Waals surface area (Å²) in [5.41, 5.74) is 2.06. The van der Waals surface area contributed by atoms with Crippen LogP contribution in [0.5, 0.6) is 5.75 Å². The number of anilines is 1. The van der Waals surface area contributed by atoms with Crippen molar-refractivity contribution < 1.29 is 14.3 Å². The number of nitrogens with one attached hydrogen (secondary N) is 1. The summed E-state index contributed by atoms with van der Waals surface area (Å²) in [5, 5.41) is 2.72. The molecule has 1 heterocycles. The number of nitrogens with zero attached hydrogens (tertiary/aromatic N) is 2. The second-order valence-electron chi connectivity index (χ2n) is 6.50. The van der Waals surface area contributed by atoms with Gasteiger partial charge in [-0.15, -0.1) is 0 Å². The Labute approximate surface area is 159 Å². The highest BCUT2D eigenvalue weighted by atomic mass is 16.5. The van der Waals surface area contributed by atoms with Crippen LogP contribution in [0, 0.1) is 0 Å². The van der Waals surface area contributed by atoms with Crippen molar-refractivity contribution in [2.75, 3.05) is 44.7 Å². The van der Waals surface area contributed by atoms with Gasteiger partial charge in [0.2, 0.25) is 11.8 Å². The van der Waals surface area contributed by atoms with Crippen molar-refractivity contribution in [1.82, 2.24) is 10.2 Å². The lowest BCUT2D eigenvalue weighted by atomic mass is 10.1. The molecule has 6 nitrogen and oxygen atoms in total. The van der Waals surface area contributed by atoms with Gasteiger partial charge in [-0.25, -0.2) is 0 Å². The number of rotatable bonds is 6. The maximum absolute atomic E-state index is 12.4. The fourth-order valence-corrected chi connectivity index (χ4v) is 3.13. The van der Waals surface area contributed by atoms with Crippen LogP contribution in [0.15, 0.2) is 54.6 Å². The highest BCUT2D eigenvalue weighted by molar-refractivity contribution is 5.85. The van der Waals surface area contributed by atoms with E-state index >= 15 is 0 Å². The largest absolute Gasteiger partial charge is 0.497 e. The van der Waals surface area contributed by atoms with Gasteiger partial charge in [0.1, 0.15) is 5.75 Å². The highest BCUT2D eigenvalue weighted by Crippen LogP contribution is 2.15. The van der Waals surface area contributed by atoms with Crippen LogP contribution in [0.4, 0.5) is 5.69 Å². The lowest BCUT2D eigenvalue weighted by molar-refractivity contribution is -0.133. The fraction of sp³-hybridized carbons (Fsp3) is 0.333. The molecule has 1 fully saturated rings. The lowest BCUT2D eigenvalue weighted by Crippen LogP contribution is -2.51. The second kappa shape index (κ2) is 9.07. The first-order valence-electron chi connectivity index (χ1n) is 9.13. The van der Waals surface area contributed by atoms with Crippen LogP contribution in [0.3, 0.4) is 0 Å². The first-order valence-corrected chi connectivity index (χ1v) is 9.13. The van der Waals surface area contributed by atoms with Crippen molar-refractivity contribution >= 4 is 17.5 Å². The number of para-hydroxylation sites is 1. The summed E-state index contributed by atoms with van der Waals surface area (Å²) < 4.78 is 5.10. The Morgan fingerprint density at radius 3 is 2.26 bits per heavy atom. The number of carbonyl (C=O) groups is 2. The van der Waals surface area contributed by atoms with Crippen LogP contribution in [0.1, 0.15) is 5.56 Å². The molecule has 0 aromatic heterocycles. The molecule has 0 unspecified atom stereocenters. The van der Waals surface area contributed by atoms with E-state index in [9.17, 15) is 9.59 Å². The van der Waals surface area contributed by atoms with Crippen LogP contribution in [-0.4, -0.2) is 56.5 Å². The van der Waals surface area contributed by atoms with E-state index in [0.717, 1.165) is 24.4 Å². The Morgan fingerprint density at radius 2 is 1.63 bits per heavy atom. The fourth-order valence-electron chi connectivity index (χ4n) is 3.13. The molecular formula is C21H25N3O3. The number of hydrogen-bond donors (Lipinski definition) is 1. The maximum atomic E-state index is 12.4. The average molecular weight is 367 g/mol. The highest BCUT2D eigenvalue weighted by Gasteiger charge is 2.21. The predicted molar refractivity (Wildman–Crippen MR) is 105 cm³/mol. The molecule has 2 aromatic rings. The summed E-state index contributed by atoms with van der Waals surface area (Å²) in [6.45, 7) is 2.98. The molecule has 2 amide bonds. The first-order chi connectivity index (χ1) is 13.2. The van der Waals surface area contributed by atoms with Gasteiger partial charge >= 0.3 is 0 Å². The number of piperazine rings is 1. The van der Waals surface area contributed by atoms with Gasteiger partial charge in [-0.1, -0.05) is 30.3 Å². The zero-order valence-corrected chi connectivity index (χ0v) is 15.6. The topological polar surface area (TPSA) is 61.9 Å². The minimum atomic E-state index is -0.156. The third kappa shape index (κ3) is 5.23. The number of hydrogen-bond acceptors (Lipinski definition) is 4. The van der Waals surface area contributed by atoms with Gasteiger partial charge in [-0.05, 0) is 29.8 Å². The second-order valence-corrected chi connectivity index (χ2v) is 6.50. The molecule has 6 heteroatoms. The number of carbonyl (C=O) groups excluding carboxylic acids is 2. The molecule has 27 heavy (non-hydrogen) atoms. The van der Waals surface area contributed by atoms with Gasteiger partial charge in [0.25, 0.3) is 0 Å². The van der Waals surface area contributed by atoms with E-state index in [-0.39, 0.29) is 24.8 Å². The van der Waals surface area contributed by atoms with Crippen molar-refractivity contribution in [3.8, 4) is 5.75 Å². The summed E-state index contributed by atoms with van der Waals surface area (Å²) in [5.74, 6) is 0.561. The van der Waals surface area contributed by atoms with Gasteiger partial charge in [0.05, 0.1) is 20.1 Å². The maximum Gasteiger partial charge on any atom is 0.242 e. The number of amides is 2. The molecule has 0 atom stereocenters.